The molecule has 3 aromatic rings. The Balaban J connectivity index is 1.77. The van der Waals surface area contributed by atoms with Crippen LogP contribution in [0.25, 0.3) is 0 Å². The maximum absolute atomic E-state index is 13.3. The van der Waals surface area contributed by atoms with Gasteiger partial charge in [0.2, 0.25) is 15.7 Å². The average Bonchev–Trinajstić information content (AvgIpc) is 3.19. The topological polar surface area (TPSA) is 81.7 Å². The third-order valence-electron chi connectivity index (χ3n) is 5.20. The second-order valence-corrected chi connectivity index (χ2v) is 11.2. The molecule has 0 spiro atoms. The number of nitrogens with one attached hydrogen (secondary N) is 1. The summed E-state index contributed by atoms with van der Waals surface area (Å²) in [6, 6.07) is 11.6. The highest BCUT2D eigenvalue weighted by Crippen LogP contribution is 2.47. The highest BCUT2D eigenvalue weighted by atomic mass is 35.5. The number of fused-ring (bicyclic) bond motifs is 1. The van der Waals surface area contributed by atoms with Gasteiger partial charge in [-0.3, -0.25) is 4.79 Å². The average molecular weight is 506 g/mol. The summed E-state index contributed by atoms with van der Waals surface area (Å²) in [6.07, 6.45) is 0.198. The van der Waals surface area contributed by atoms with Crippen LogP contribution in [0.2, 0.25) is 5.02 Å². The number of carbonyl (C=O) groups is 1. The summed E-state index contributed by atoms with van der Waals surface area (Å²) in [5.41, 5.74) is 1.21. The molecule has 0 bridgehead atoms. The minimum Gasteiger partial charge on any atom is -0.490 e. The highest BCUT2D eigenvalue weighted by Gasteiger charge is 2.34. The lowest BCUT2D eigenvalue weighted by Gasteiger charge is -2.25. The van der Waals surface area contributed by atoms with E-state index in [1.165, 1.54) is 35.6 Å². The molecule has 0 fully saturated rings. The van der Waals surface area contributed by atoms with Crippen LogP contribution in [0.3, 0.4) is 0 Å². The molecule has 1 aromatic heterocycles. The summed E-state index contributed by atoms with van der Waals surface area (Å²) in [5, 5.41) is 4.82. The number of hydrogen-bond donors (Lipinski definition) is 1. The first-order chi connectivity index (χ1) is 15.7. The van der Waals surface area contributed by atoms with Crippen molar-refractivity contribution in [1.29, 1.82) is 0 Å². The number of ether oxygens (including phenoxy) is 2. The van der Waals surface area contributed by atoms with E-state index >= 15 is 0 Å². The van der Waals surface area contributed by atoms with Crippen molar-refractivity contribution in [3.05, 3.63) is 63.3 Å². The Morgan fingerprint density at radius 1 is 1.15 bits per heavy atom. The number of thiophene rings is 1. The molecule has 1 aliphatic rings. The van der Waals surface area contributed by atoms with Gasteiger partial charge in [-0.15, -0.1) is 11.3 Å². The monoisotopic (exact) mass is 505 g/mol. The van der Waals surface area contributed by atoms with Gasteiger partial charge in [-0.2, -0.15) is 0 Å². The number of anilines is 1. The van der Waals surface area contributed by atoms with Crippen LogP contribution < -0.4 is 14.8 Å². The minimum atomic E-state index is -3.83. The maximum Gasteiger partial charge on any atom is 0.225 e. The molecule has 0 unspecified atom stereocenters. The molecule has 2 heterocycles. The van der Waals surface area contributed by atoms with E-state index in [1.54, 1.807) is 5.38 Å². The van der Waals surface area contributed by atoms with E-state index in [9.17, 15) is 13.2 Å². The van der Waals surface area contributed by atoms with Crippen LogP contribution in [0.1, 0.15) is 43.6 Å². The van der Waals surface area contributed by atoms with Crippen LogP contribution in [0.4, 0.5) is 5.69 Å². The molecule has 33 heavy (non-hydrogen) atoms. The number of sulfone groups is 1. The zero-order valence-corrected chi connectivity index (χ0v) is 20.8. The molecule has 174 valence electrons. The van der Waals surface area contributed by atoms with Crippen molar-refractivity contribution in [2.24, 2.45) is 0 Å². The van der Waals surface area contributed by atoms with Gasteiger partial charge in [-0.25, -0.2) is 8.42 Å². The molecule has 2 aromatic carbocycles. The largest absolute Gasteiger partial charge is 0.490 e. The van der Waals surface area contributed by atoms with Crippen molar-refractivity contribution in [2.45, 2.75) is 49.0 Å². The first kappa shape index (κ1) is 23.6. The molecule has 1 N–H and O–H groups in total. The van der Waals surface area contributed by atoms with Crippen LogP contribution in [0.15, 0.2) is 57.6 Å². The summed E-state index contributed by atoms with van der Waals surface area (Å²) in [6.45, 7) is 6.24. The van der Waals surface area contributed by atoms with E-state index in [4.69, 9.17) is 21.1 Å². The zero-order valence-electron chi connectivity index (χ0n) is 18.4. The Bertz CT molecular complexity index is 1280. The van der Waals surface area contributed by atoms with Crippen molar-refractivity contribution in [3.63, 3.8) is 0 Å². The maximum atomic E-state index is 13.3. The molecule has 9 heteroatoms. The Labute approximate surface area is 202 Å². The summed E-state index contributed by atoms with van der Waals surface area (Å²) in [4.78, 5) is 13.6. The molecule has 1 atom stereocenters. The van der Waals surface area contributed by atoms with Crippen LogP contribution in [-0.4, -0.2) is 27.0 Å². The number of hydrogen-bond acceptors (Lipinski definition) is 6. The third-order valence-corrected chi connectivity index (χ3v) is 8.49. The van der Waals surface area contributed by atoms with Crippen LogP contribution in [-0.2, 0) is 14.6 Å². The molecule has 0 aliphatic carbocycles. The minimum absolute atomic E-state index is 0.0138. The molecule has 1 amide bonds. The predicted octanol–water partition coefficient (Wildman–Crippen LogP) is 5.89. The van der Waals surface area contributed by atoms with E-state index in [1.807, 2.05) is 39.0 Å². The Hall–Kier alpha value is -2.55. The molecular weight excluding hydrogens is 482 g/mol. The summed E-state index contributed by atoms with van der Waals surface area (Å²) in [7, 11) is -3.83. The van der Waals surface area contributed by atoms with Gasteiger partial charge in [0.05, 0.1) is 23.3 Å². The van der Waals surface area contributed by atoms with E-state index in [-0.39, 0.29) is 34.1 Å². The molecule has 1 aliphatic heterocycles. The summed E-state index contributed by atoms with van der Waals surface area (Å²) in [5.74, 6) is 0.703. The quantitative estimate of drug-likeness (QED) is 0.432. The van der Waals surface area contributed by atoms with Gasteiger partial charge in [-0.1, -0.05) is 17.7 Å². The summed E-state index contributed by atoms with van der Waals surface area (Å²) < 4.78 is 38.2. The van der Waals surface area contributed by atoms with E-state index in [0.29, 0.717) is 28.8 Å². The number of carbonyl (C=O) groups excluding carboxylic acids is 1. The van der Waals surface area contributed by atoms with Crippen molar-refractivity contribution in [1.82, 2.24) is 0 Å². The molecule has 0 saturated carbocycles. The first-order valence-corrected chi connectivity index (χ1v) is 13.3. The lowest BCUT2D eigenvalue weighted by Crippen LogP contribution is -2.23. The zero-order chi connectivity index (χ0) is 23.8. The van der Waals surface area contributed by atoms with Crippen LogP contribution in [0, 0.1) is 0 Å². The summed E-state index contributed by atoms with van der Waals surface area (Å²) >= 11 is 7.24. The van der Waals surface area contributed by atoms with Gasteiger partial charge in [-0.05, 0) is 62.7 Å². The molecule has 0 radical (unpaired) electrons. The lowest BCUT2D eigenvalue weighted by atomic mass is 9.90. The van der Waals surface area contributed by atoms with Crippen LogP contribution >= 0.6 is 22.9 Å². The van der Waals surface area contributed by atoms with E-state index < -0.39 is 9.84 Å². The fraction of sp³-hybridized carbons (Fsp3) is 0.292. The second kappa shape index (κ2) is 9.37. The number of rotatable bonds is 7. The van der Waals surface area contributed by atoms with E-state index in [0.717, 1.165) is 10.4 Å². The van der Waals surface area contributed by atoms with Gasteiger partial charge in [0.1, 0.15) is 4.90 Å². The lowest BCUT2D eigenvalue weighted by molar-refractivity contribution is -0.116. The van der Waals surface area contributed by atoms with Crippen molar-refractivity contribution in [3.8, 4) is 11.5 Å². The van der Waals surface area contributed by atoms with Gasteiger partial charge >= 0.3 is 0 Å². The molecule has 4 rings (SSSR count). The van der Waals surface area contributed by atoms with Crippen molar-refractivity contribution >= 4 is 44.4 Å². The third kappa shape index (κ3) is 4.74. The Morgan fingerprint density at radius 2 is 1.88 bits per heavy atom. The Morgan fingerprint density at radius 3 is 2.55 bits per heavy atom. The smallest absolute Gasteiger partial charge is 0.225 e. The highest BCUT2D eigenvalue weighted by molar-refractivity contribution is 7.91. The molecular formula is C24H24ClNO5S2. The van der Waals surface area contributed by atoms with Crippen LogP contribution in [0.5, 0.6) is 11.5 Å². The van der Waals surface area contributed by atoms with Gasteiger partial charge in [0.15, 0.2) is 11.5 Å². The second-order valence-electron chi connectivity index (χ2n) is 7.91. The van der Waals surface area contributed by atoms with Gasteiger partial charge < -0.3 is 14.8 Å². The van der Waals surface area contributed by atoms with Crippen molar-refractivity contribution in [2.75, 3.05) is 11.9 Å². The number of halogens is 1. The van der Waals surface area contributed by atoms with Gasteiger partial charge in [0.25, 0.3) is 0 Å². The molecule has 0 saturated heterocycles. The van der Waals surface area contributed by atoms with Gasteiger partial charge in [0, 0.05) is 27.6 Å². The number of amides is 1. The van der Waals surface area contributed by atoms with E-state index in [2.05, 4.69) is 5.32 Å². The predicted molar refractivity (Wildman–Crippen MR) is 130 cm³/mol. The normalized spacial score (nSPS) is 15.8. The number of benzene rings is 2. The Kier molecular flexibility index (Phi) is 6.70. The first-order valence-electron chi connectivity index (χ1n) is 10.6. The SMILES string of the molecule is CCOc1cc([C@@H]2CC(=O)Nc3c(S(=O)(=O)c4ccc(Cl)cc4)csc32)ccc1OC(C)C. The molecule has 6 nitrogen and oxygen atoms in total. The van der Waals surface area contributed by atoms with Crippen molar-refractivity contribution < 1.29 is 22.7 Å². The standard InChI is InChI=1S/C24H24ClNO5S2/c1-4-30-20-11-15(5-10-19(20)31-14(2)3)18-12-22(27)26-23-21(13-32-24(18)23)33(28,29)17-8-6-16(25)7-9-17/h5-11,13-14,18H,4,12H2,1-3H3,(H,26,27)/t18-/m0/s1. The fourth-order valence-corrected chi connectivity index (χ4v) is 6.81. The fourth-order valence-electron chi connectivity index (χ4n) is 3.77.